The zero-order valence-corrected chi connectivity index (χ0v) is 11.1. The molecule has 0 radical (unpaired) electrons. The van der Waals surface area contributed by atoms with Crippen molar-refractivity contribution in [2.24, 2.45) is 11.8 Å². The summed E-state index contributed by atoms with van der Waals surface area (Å²) in [5.74, 6) is 1.17. The summed E-state index contributed by atoms with van der Waals surface area (Å²) in [6, 6.07) is 0. The Labute approximate surface area is 108 Å². The fraction of sp³-hybridized carbons (Fsp3) is 0.846. The monoisotopic (exact) mass is 260 g/mol. The normalized spacial score (nSPS) is 39.6. The van der Waals surface area contributed by atoms with E-state index in [1.165, 1.54) is 12.8 Å². The summed E-state index contributed by atoms with van der Waals surface area (Å²) >= 11 is 5.61. The Bertz CT molecular complexity index is 241. The Balaban J connectivity index is 1.74. The van der Waals surface area contributed by atoms with Crippen LogP contribution < -0.4 is 0 Å². The van der Waals surface area contributed by atoms with E-state index in [9.17, 15) is 0 Å². The second-order valence-electron chi connectivity index (χ2n) is 4.89. The predicted molar refractivity (Wildman–Crippen MR) is 66.9 cm³/mol. The SMILES string of the molecule is COC1COC(C2CCC(/C=C/Cl)CC2)OC1. The van der Waals surface area contributed by atoms with Gasteiger partial charge in [0, 0.05) is 18.6 Å². The molecule has 0 unspecified atom stereocenters. The molecule has 1 aliphatic carbocycles. The van der Waals surface area contributed by atoms with Crippen molar-refractivity contribution >= 4 is 11.6 Å². The van der Waals surface area contributed by atoms with E-state index in [1.807, 2.05) is 0 Å². The van der Waals surface area contributed by atoms with E-state index in [1.54, 1.807) is 12.6 Å². The lowest BCUT2D eigenvalue weighted by molar-refractivity contribution is -0.245. The van der Waals surface area contributed by atoms with Crippen LogP contribution in [0.15, 0.2) is 11.6 Å². The molecular formula is C13H21ClO3. The largest absolute Gasteiger partial charge is 0.377 e. The van der Waals surface area contributed by atoms with Gasteiger partial charge < -0.3 is 14.2 Å². The third-order valence-corrected chi connectivity index (χ3v) is 3.92. The summed E-state index contributed by atoms with van der Waals surface area (Å²) < 4.78 is 16.7. The molecule has 17 heavy (non-hydrogen) atoms. The van der Waals surface area contributed by atoms with Gasteiger partial charge in [-0.15, -0.1) is 0 Å². The van der Waals surface area contributed by atoms with Crippen molar-refractivity contribution in [3.05, 3.63) is 11.6 Å². The van der Waals surface area contributed by atoms with Crippen molar-refractivity contribution in [3.63, 3.8) is 0 Å². The number of ether oxygens (including phenoxy) is 3. The van der Waals surface area contributed by atoms with Crippen molar-refractivity contribution in [2.45, 2.75) is 38.1 Å². The van der Waals surface area contributed by atoms with Crippen LogP contribution in [0.1, 0.15) is 25.7 Å². The van der Waals surface area contributed by atoms with Crippen molar-refractivity contribution in [1.82, 2.24) is 0 Å². The van der Waals surface area contributed by atoms with Gasteiger partial charge >= 0.3 is 0 Å². The number of rotatable bonds is 3. The molecule has 2 aliphatic rings. The van der Waals surface area contributed by atoms with Gasteiger partial charge in [-0.3, -0.25) is 0 Å². The Morgan fingerprint density at radius 3 is 2.29 bits per heavy atom. The van der Waals surface area contributed by atoms with E-state index in [0.717, 1.165) is 12.8 Å². The molecule has 0 bridgehead atoms. The number of methoxy groups -OCH3 is 1. The summed E-state index contributed by atoms with van der Waals surface area (Å²) in [5, 5.41) is 0. The summed E-state index contributed by atoms with van der Waals surface area (Å²) in [6.07, 6.45) is 6.86. The van der Waals surface area contributed by atoms with E-state index < -0.39 is 0 Å². The fourth-order valence-electron chi connectivity index (χ4n) is 2.62. The number of hydrogen-bond donors (Lipinski definition) is 0. The Morgan fingerprint density at radius 2 is 1.76 bits per heavy atom. The highest BCUT2D eigenvalue weighted by molar-refractivity contribution is 6.25. The van der Waals surface area contributed by atoms with Crippen molar-refractivity contribution < 1.29 is 14.2 Å². The van der Waals surface area contributed by atoms with E-state index in [4.69, 9.17) is 25.8 Å². The molecule has 0 aromatic rings. The molecule has 1 heterocycles. The highest BCUT2D eigenvalue weighted by Crippen LogP contribution is 2.34. The quantitative estimate of drug-likeness (QED) is 0.781. The van der Waals surface area contributed by atoms with Gasteiger partial charge in [0.25, 0.3) is 0 Å². The lowest BCUT2D eigenvalue weighted by Gasteiger charge is -2.36. The Kier molecular flexibility index (Phi) is 5.29. The average molecular weight is 261 g/mol. The molecule has 0 amide bonds. The van der Waals surface area contributed by atoms with E-state index in [0.29, 0.717) is 25.0 Å². The molecule has 3 nitrogen and oxygen atoms in total. The van der Waals surface area contributed by atoms with Gasteiger partial charge in [0.1, 0.15) is 6.10 Å². The molecule has 1 aliphatic heterocycles. The topological polar surface area (TPSA) is 27.7 Å². The van der Waals surface area contributed by atoms with Gasteiger partial charge in [-0.2, -0.15) is 0 Å². The van der Waals surface area contributed by atoms with Gasteiger partial charge in [0.05, 0.1) is 13.2 Å². The summed E-state index contributed by atoms with van der Waals surface area (Å²) in [7, 11) is 1.70. The van der Waals surface area contributed by atoms with E-state index >= 15 is 0 Å². The first-order valence-electron chi connectivity index (χ1n) is 6.36. The molecule has 4 heteroatoms. The van der Waals surface area contributed by atoms with Gasteiger partial charge in [0.2, 0.25) is 0 Å². The molecule has 0 N–H and O–H groups in total. The summed E-state index contributed by atoms with van der Waals surface area (Å²) in [6.45, 7) is 1.31. The molecule has 1 saturated heterocycles. The Hall–Kier alpha value is -0.0900. The van der Waals surface area contributed by atoms with Crippen molar-refractivity contribution in [3.8, 4) is 0 Å². The highest BCUT2D eigenvalue weighted by atomic mass is 35.5. The molecule has 1 saturated carbocycles. The molecule has 0 aromatic heterocycles. The van der Waals surface area contributed by atoms with E-state index in [2.05, 4.69) is 6.08 Å². The molecule has 98 valence electrons. The Morgan fingerprint density at radius 1 is 1.12 bits per heavy atom. The first-order valence-corrected chi connectivity index (χ1v) is 6.80. The number of halogens is 1. The van der Waals surface area contributed by atoms with Gasteiger partial charge in [-0.05, 0) is 31.6 Å². The van der Waals surface area contributed by atoms with Gasteiger partial charge in [-0.25, -0.2) is 0 Å². The third-order valence-electron chi connectivity index (χ3n) is 3.77. The number of allylic oxidation sites excluding steroid dienone is 1. The summed E-state index contributed by atoms with van der Waals surface area (Å²) in [5.41, 5.74) is 1.64. The van der Waals surface area contributed by atoms with Crippen molar-refractivity contribution in [1.29, 1.82) is 0 Å². The molecular weight excluding hydrogens is 240 g/mol. The lowest BCUT2D eigenvalue weighted by Crippen LogP contribution is -2.41. The minimum Gasteiger partial charge on any atom is -0.377 e. The van der Waals surface area contributed by atoms with Crippen LogP contribution in [-0.4, -0.2) is 32.7 Å². The van der Waals surface area contributed by atoms with Crippen LogP contribution in [-0.2, 0) is 14.2 Å². The van der Waals surface area contributed by atoms with Crippen LogP contribution >= 0.6 is 11.6 Å². The lowest BCUT2D eigenvalue weighted by atomic mass is 9.81. The third kappa shape index (κ3) is 3.68. The minimum atomic E-state index is -0.0256. The maximum absolute atomic E-state index is 5.72. The smallest absolute Gasteiger partial charge is 0.160 e. The fourth-order valence-corrected chi connectivity index (χ4v) is 2.83. The first-order chi connectivity index (χ1) is 8.33. The molecule has 2 rings (SSSR count). The second-order valence-corrected chi connectivity index (χ2v) is 5.14. The summed E-state index contributed by atoms with van der Waals surface area (Å²) in [4.78, 5) is 0. The zero-order chi connectivity index (χ0) is 12.1. The number of hydrogen-bond acceptors (Lipinski definition) is 3. The minimum absolute atomic E-state index is 0.0256. The maximum Gasteiger partial charge on any atom is 0.160 e. The highest BCUT2D eigenvalue weighted by Gasteiger charge is 2.31. The predicted octanol–water partition coefficient (Wildman–Crippen LogP) is 2.93. The van der Waals surface area contributed by atoms with Crippen LogP contribution in [0.3, 0.4) is 0 Å². The van der Waals surface area contributed by atoms with Crippen LogP contribution in [0.5, 0.6) is 0 Å². The molecule has 0 aromatic carbocycles. The van der Waals surface area contributed by atoms with Crippen LogP contribution in [0, 0.1) is 11.8 Å². The second kappa shape index (κ2) is 6.74. The molecule has 2 fully saturated rings. The standard InChI is InChI=1S/C13H21ClO3/c1-15-12-8-16-13(17-9-12)11-4-2-10(3-5-11)6-7-14/h6-7,10-13H,2-5,8-9H2,1H3/b7-6+. The average Bonchev–Trinajstić information content (AvgIpc) is 2.40. The zero-order valence-electron chi connectivity index (χ0n) is 10.3. The first kappa shape index (κ1) is 13.3. The maximum atomic E-state index is 5.72. The van der Waals surface area contributed by atoms with Crippen LogP contribution in [0.4, 0.5) is 0 Å². The van der Waals surface area contributed by atoms with Crippen molar-refractivity contribution in [2.75, 3.05) is 20.3 Å². The molecule has 0 spiro atoms. The van der Waals surface area contributed by atoms with E-state index in [-0.39, 0.29) is 12.4 Å². The molecule has 0 atom stereocenters. The van der Waals surface area contributed by atoms with Gasteiger partial charge in [0.15, 0.2) is 6.29 Å². The van der Waals surface area contributed by atoms with Gasteiger partial charge in [-0.1, -0.05) is 17.7 Å². The van der Waals surface area contributed by atoms with Crippen LogP contribution in [0.25, 0.3) is 0 Å². The van der Waals surface area contributed by atoms with Crippen LogP contribution in [0.2, 0.25) is 0 Å².